The molecule has 0 aliphatic carbocycles. The molecule has 0 radical (unpaired) electrons. The maximum Gasteiger partial charge on any atom is 0.255 e. The van der Waals surface area contributed by atoms with Crippen LogP contribution in [0.1, 0.15) is 17.0 Å². The lowest BCUT2D eigenvalue weighted by Gasteiger charge is -2.18. The Balaban J connectivity index is 1.62. The normalized spacial score (nSPS) is 12.8. The number of carbonyl (C=O) groups is 1. The molecule has 27 heavy (non-hydrogen) atoms. The number of benzene rings is 2. The van der Waals surface area contributed by atoms with E-state index < -0.39 is 0 Å². The van der Waals surface area contributed by atoms with Gasteiger partial charge in [0, 0.05) is 10.0 Å². The smallest absolute Gasteiger partial charge is 0.255 e. The first kappa shape index (κ1) is 17.5. The van der Waals surface area contributed by atoms with Gasteiger partial charge >= 0.3 is 0 Å². The Morgan fingerprint density at radius 2 is 1.96 bits per heavy atom. The van der Waals surface area contributed by atoms with E-state index >= 15 is 0 Å². The first-order chi connectivity index (χ1) is 13.0. The zero-order valence-corrected chi connectivity index (χ0v) is 16.6. The minimum absolute atomic E-state index is 0.181. The molecule has 1 aromatic heterocycles. The number of hydrogen-bond acceptors (Lipinski definition) is 3. The molecule has 6 heteroatoms. The summed E-state index contributed by atoms with van der Waals surface area (Å²) in [6.07, 6.45) is 1.87. The molecule has 0 atom stereocenters. The molecule has 2 heterocycles. The van der Waals surface area contributed by atoms with Gasteiger partial charge in [-0.15, -0.1) is 0 Å². The lowest BCUT2D eigenvalue weighted by molar-refractivity contribution is -0.113. The Morgan fingerprint density at radius 3 is 2.74 bits per heavy atom. The van der Waals surface area contributed by atoms with Crippen molar-refractivity contribution < 1.29 is 9.53 Å². The molecule has 5 nitrogen and oxygen atoms in total. The second kappa shape index (κ2) is 7.04. The fourth-order valence-corrected chi connectivity index (χ4v) is 3.50. The molecule has 0 unspecified atom stereocenters. The molecule has 0 fully saturated rings. The lowest BCUT2D eigenvalue weighted by Crippen LogP contribution is -2.21. The predicted octanol–water partition coefficient (Wildman–Crippen LogP) is 4.67. The minimum Gasteiger partial charge on any atom is -0.488 e. The molecule has 0 saturated heterocycles. The summed E-state index contributed by atoms with van der Waals surface area (Å²) in [7, 11) is 0. The molecule has 0 saturated carbocycles. The maximum atomic E-state index is 12.8. The lowest BCUT2D eigenvalue weighted by atomic mass is 10.1. The molecule has 1 N–H and O–H groups in total. The SMILES string of the molecule is Cc1nn(-c2ccccc2)c(C)c1NC(=O)C1=Cc2cc(Br)ccc2OC1. The van der Waals surface area contributed by atoms with E-state index in [4.69, 9.17) is 4.74 Å². The van der Waals surface area contributed by atoms with Crippen molar-refractivity contribution in [1.29, 1.82) is 0 Å². The second-order valence-electron chi connectivity index (χ2n) is 6.39. The van der Waals surface area contributed by atoms with Crippen molar-refractivity contribution in [1.82, 2.24) is 9.78 Å². The van der Waals surface area contributed by atoms with E-state index in [0.29, 0.717) is 5.57 Å². The van der Waals surface area contributed by atoms with Crippen LogP contribution in [0.5, 0.6) is 5.75 Å². The van der Waals surface area contributed by atoms with Crippen molar-refractivity contribution in [2.45, 2.75) is 13.8 Å². The van der Waals surface area contributed by atoms with Crippen LogP contribution in [0.2, 0.25) is 0 Å². The number of aryl methyl sites for hydroxylation is 1. The van der Waals surface area contributed by atoms with Crippen LogP contribution in [0.25, 0.3) is 11.8 Å². The fraction of sp³-hybridized carbons (Fsp3) is 0.143. The number of aromatic nitrogens is 2. The van der Waals surface area contributed by atoms with Crippen molar-refractivity contribution in [2.75, 3.05) is 11.9 Å². The Morgan fingerprint density at radius 1 is 1.19 bits per heavy atom. The molecular weight excluding hydrogens is 406 g/mol. The molecular formula is C21H18BrN3O2. The number of halogens is 1. The minimum atomic E-state index is -0.181. The largest absolute Gasteiger partial charge is 0.488 e. The molecule has 1 aliphatic heterocycles. The van der Waals surface area contributed by atoms with Crippen LogP contribution in [0.4, 0.5) is 5.69 Å². The molecule has 1 amide bonds. The molecule has 2 aromatic carbocycles. The summed E-state index contributed by atoms with van der Waals surface area (Å²) in [5.74, 6) is 0.596. The van der Waals surface area contributed by atoms with Gasteiger partial charge in [0.05, 0.1) is 28.3 Å². The van der Waals surface area contributed by atoms with Crippen LogP contribution in [0, 0.1) is 13.8 Å². The standard InChI is InChI=1S/C21H18BrN3O2/c1-13-20(14(2)25(24-13)18-6-4-3-5-7-18)23-21(26)16-10-15-11-17(22)8-9-19(15)27-12-16/h3-11H,12H2,1-2H3,(H,23,26). The average molecular weight is 424 g/mol. The maximum absolute atomic E-state index is 12.8. The summed E-state index contributed by atoms with van der Waals surface area (Å²) in [5, 5.41) is 7.57. The number of amides is 1. The van der Waals surface area contributed by atoms with E-state index in [0.717, 1.165) is 38.5 Å². The van der Waals surface area contributed by atoms with Crippen molar-refractivity contribution in [2.24, 2.45) is 0 Å². The third-order valence-corrected chi connectivity index (χ3v) is 5.00. The van der Waals surface area contributed by atoms with Crippen LogP contribution in [0.15, 0.2) is 58.6 Å². The van der Waals surface area contributed by atoms with Crippen molar-refractivity contribution in [3.05, 3.63) is 75.5 Å². The number of para-hydroxylation sites is 1. The fourth-order valence-electron chi connectivity index (χ4n) is 3.12. The summed E-state index contributed by atoms with van der Waals surface area (Å²) in [4.78, 5) is 12.8. The number of nitrogens with one attached hydrogen (secondary N) is 1. The van der Waals surface area contributed by atoms with Gasteiger partial charge in [-0.1, -0.05) is 34.1 Å². The van der Waals surface area contributed by atoms with E-state index in [1.54, 1.807) is 0 Å². The second-order valence-corrected chi connectivity index (χ2v) is 7.30. The summed E-state index contributed by atoms with van der Waals surface area (Å²) < 4.78 is 8.49. The predicted molar refractivity (Wildman–Crippen MR) is 109 cm³/mol. The highest BCUT2D eigenvalue weighted by Crippen LogP contribution is 2.30. The first-order valence-electron chi connectivity index (χ1n) is 8.59. The highest BCUT2D eigenvalue weighted by molar-refractivity contribution is 9.10. The number of anilines is 1. The third kappa shape index (κ3) is 3.40. The van der Waals surface area contributed by atoms with E-state index in [-0.39, 0.29) is 12.5 Å². The zero-order chi connectivity index (χ0) is 19.0. The van der Waals surface area contributed by atoms with Crippen LogP contribution >= 0.6 is 15.9 Å². The van der Waals surface area contributed by atoms with Crippen LogP contribution in [-0.4, -0.2) is 22.3 Å². The van der Waals surface area contributed by atoms with Crippen LogP contribution < -0.4 is 10.1 Å². The van der Waals surface area contributed by atoms with E-state index in [1.807, 2.05) is 73.1 Å². The van der Waals surface area contributed by atoms with Crippen molar-refractivity contribution >= 4 is 33.6 Å². The van der Waals surface area contributed by atoms with Crippen molar-refractivity contribution in [3.8, 4) is 11.4 Å². The number of ether oxygens (including phenoxy) is 1. The molecule has 4 rings (SSSR count). The van der Waals surface area contributed by atoms with Gasteiger partial charge in [-0.25, -0.2) is 4.68 Å². The Labute approximate surface area is 165 Å². The summed E-state index contributed by atoms with van der Waals surface area (Å²) in [5.41, 5.74) is 4.79. The van der Waals surface area contributed by atoms with Crippen LogP contribution in [-0.2, 0) is 4.79 Å². The molecule has 3 aromatic rings. The monoisotopic (exact) mass is 423 g/mol. The Bertz CT molecular complexity index is 1050. The topological polar surface area (TPSA) is 56.2 Å². The summed E-state index contributed by atoms with van der Waals surface area (Å²) in [6.45, 7) is 4.08. The zero-order valence-electron chi connectivity index (χ0n) is 15.0. The summed E-state index contributed by atoms with van der Waals surface area (Å²) >= 11 is 3.45. The van der Waals surface area contributed by atoms with Gasteiger partial charge in [0.15, 0.2) is 0 Å². The van der Waals surface area contributed by atoms with Gasteiger partial charge < -0.3 is 10.1 Å². The van der Waals surface area contributed by atoms with E-state index in [1.165, 1.54) is 0 Å². The summed E-state index contributed by atoms with van der Waals surface area (Å²) in [6, 6.07) is 15.6. The number of fused-ring (bicyclic) bond motifs is 1. The number of nitrogens with zero attached hydrogens (tertiary/aromatic N) is 2. The van der Waals surface area contributed by atoms with Gasteiger partial charge in [0.1, 0.15) is 12.4 Å². The number of carbonyl (C=O) groups excluding carboxylic acids is 1. The van der Waals surface area contributed by atoms with Crippen LogP contribution in [0.3, 0.4) is 0 Å². The quantitative estimate of drug-likeness (QED) is 0.665. The van der Waals surface area contributed by atoms with Gasteiger partial charge in [0.25, 0.3) is 5.91 Å². The Hall–Kier alpha value is -2.86. The highest BCUT2D eigenvalue weighted by Gasteiger charge is 2.21. The Kier molecular flexibility index (Phi) is 4.58. The highest BCUT2D eigenvalue weighted by atomic mass is 79.9. The van der Waals surface area contributed by atoms with Crippen molar-refractivity contribution in [3.63, 3.8) is 0 Å². The first-order valence-corrected chi connectivity index (χ1v) is 9.38. The third-order valence-electron chi connectivity index (χ3n) is 4.51. The number of hydrogen-bond donors (Lipinski definition) is 1. The molecule has 136 valence electrons. The van der Waals surface area contributed by atoms with Gasteiger partial charge in [-0.05, 0) is 50.3 Å². The molecule has 0 bridgehead atoms. The molecule has 0 spiro atoms. The van der Waals surface area contributed by atoms with Gasteiger partial charge in [-0.3, -0.25) is 4.79 Å². The van der Waals surface area contributed by atoms with E-state index in [9.17, 15) is 4.79 Å². The molecule has 1 aliphatic rings. The average Bonchev–Trinajstić information content (AvgIpc) is 2.96. The van der Waals surface area contributed by atoms with Gasteiger partial charge in [0.2, 0.25) is 0 Å². The number of rotatable bonds is 3. The van der Waals surface area contributed by atoms with E-state index in [2.05, 4.69) is 26.3 Å². The van der Waals surface area contributed by atoms with Gasteiger partial charge in [-0.2, -0.15) is 5.10 Å².